The van der Waals surface area contributed by atoms with Gasteiger partial charge in [-0.25, -0.2) is 18.2 Å². The Morgan fingerprint density at radius 2 is 1.42 bits per heavy atom. The Morgan fingerprint density at radius 3 is 2.07 bits per heavy atom. The fraction of sp³-hybridized carbons (Fsp3) is 0.222. The van der Waals surface area contributed by atoms with Crippen LogP contribution in [0, 0.1) is 0 Å². The number of imidazole rings is 1. The van der Waals surface area contributed by atoms with Crippen molar-refractivity contribution >= 4 is 39.0 Å². The molecule has 232 valence electrons. The highest BCUT2D eigenvalue weighted by molar-refractivity contribution is 7.90. The smallest absolute Gasteiger partial charge is 0.335 e. The van der Waals surface area contributed by atoms with Crippen molar-refractivity contribution in [2.45, 2.75) is 56.2 Å². The van der Waals surface area contributed by atoms with Gasteiger partial charge < -0.3 is 9.67 Å². The molecule has 1 aromatic heterocycles. The molecule has 5 aromatic rings. The summed E-state index contributed by atoms with van der Waals surface area (Å²) in [7, 11) is -3.46. The lowest BCUT2D eigenvalue weighted by atomic mass is 10.1. The van der Waals surface area contributed by atoms with Crippen molar-refractivity contribution in [3.8, 4) is 11.3 Å². The minimum Gasteiger partial charge on any atom is -0.478 e. The number of carbonyl (C=O) groups is 1. The molecule has 6 nitrogen and oxygen atoms in total. The number of aromatic carboxylic acids is 1. The number of unbranched alkanes of at least 4 members (excludes halogenated alkanes) is 1. The van der Waals surface area contributed by atoms with Gasteiger partial charge in [0.1, 0.15) is 5.82 Å². The maximum absolute atomic E-state index is 13.1. The number of sulfone groups is 1. The zero-order valence-electron chi connectivity index (χ0n) is 24.9. The zero-order valence-corrected chi connectivity index (χ0v) is 27.2. The first kappa shape index (κ1) is 32.5. The van der Waals surface area contributed by atoms with Crippen LogP contribution in [0.1, 0.15) is 58.2 Å². The number of hydrogen-bond donors (Lipinski definition) is 1. The zero-order chi connectivity index (χ0) is 32.0. The van der Waals surface area contributed by atoms with E-state index in [0.29, 0.717) is 40.0 Å². The minimum atomic E-state index is -3.46. The van der Waals surface area contributed by atoms with Gasteiger partial charge in [0.05, 0.1) is 26.9 Å². The van der Waals surface area contributed by atoms with Gasteiger partial charge in [0.25, 0.3) is 0 Å². The molecule has 0 amide bonds. The van der Waals surface area contributed by atoms with Gasteiger partial charge in [-0.2, -0.15) is 0 Å². The molecule has 0 aliphatic rings. The molecule has 0 spiro atoms. The van der Waals surface area contributed by atoms with Crippen molar-refractivity contribution in [1.82, 2.24) is 9.55 Å². The Labute approximate surface area is 274 Å². The molecule has 0 saturated carbocycles. The van der Waals surface area contributed by atoms with Crippen molar-refractivity contribution in [2.24, 2.45) is 0 Å². The summed E-state index contributed by atoms with van der Waals surface area (Å²) in [6, 6.07) is 27.0. The van der Waals surface area contributed by atoms with Crippen LogP contribution in [0.3, 0.4) is 0 Å². The second-order valence-electron chi connectivity index (χ2n) is 11.1. The van der Waals surface area contributed by atoms with E-state index in [0.717, 1.165) is 52.9 Å². The van der Waals surface area contributed by atoms with E-state index in [1.165, 1.54) is 0 Å². The van der Waals surface area contributed by atoms with Crippen LogP contribution in [0.5, 0.6) is 0 Å². The summed E-state index contributed by atoms with van der Waals surface area (Å²) < 4.78 is 28.2. The highest BCUT2D eigenvalue weighted by Crippen LogP contribution is 2.30. The van der Waals surface area contributed by atoms with Crippen LogP contribution in [0.4, 0.5) is 0 Å². The molecular weight excluding hydrogens is 627 g/mol. The first-order chi connectivity index (χ1) is 21.6. The van der Waals surface area contributed by atoms with Gasteiger partial charge >= 0.3 is 5.97 Å². The van der Waals surface area contributed by atoms with E-state index in [9.17, 15) is 18.3 Å². The fourth-order valence-corrected chi connectivity index (χ4v) is 7.03. The highest BCUT2D eigenvalue weighted by atomic mass is 35.5. The molecule has 0 aliphatic carbocycles. The quantitative estimate of drug-likeness (QED) is 0.136. The molecule has 0 unspecified atom stereocenters. The molecule has 45 heavy (non-hydrogen) atoms. The van der Waals surface area contributed by atoms with Gasteiger partial charge in [-0.15, -0.1) is 0 Å². The van der Waals surface area contributed by atoms with Crippen molar-refractivity contribution in [3.63, 3.8) is 0 Å². The fourth-order valence-electron chi connectivity index (χ4n) is 5.17. The number of aromatic nitrogens is 2. The van der Waals surface area contributed by atoms with E-state index in [1.807, 2.05) is 53.2 Å². The first-order valence-corrected chi connectivity index (χ1v) is 17.3. The van der Waals surface area contributed by atoms with Crippen molar-refractivity contribution in [1.29, 1.82) is 0 Å². The third-order valence-corrected chi connectivity index (χ3v) is 9.99. The summed E-state index contributed by atoms with van der Waals surface area (Å²) in [6.07, 6.45) is 6.40. The Balaban J connectivity index is 1.30. The molecule has 4 aromatic carbocycles. The largest absolute Gasteiger partial charge is 0.478 e. The van der Waals surface area contributed by atoms with Crippen LogP contribution in [0.25, 0.3) is 11.3 Å². The maximum Gasteiger partial charge on any atom is 0.335 e. The maximum atomic E-state index is 13.1. The van der Waals surface area contributed by atoms with E-state index in [1.54, 1.807) is 48.5 Å². The monoisotopic (exact) mass is 660 g/mol. The molecule has 0 atom stereocenters. The van der Waals surface area contributed by atoms with E-state index in [2.05, 4.69) is 6.92 Å². The number of aryl methyl sites for hydroxylation is 3. The molecule has 0 bridgehead atoms. The third-order valence-electron chi connectivity index (χ3n) is 7.74. The number of hydrogen-bond acceptors (Lipinski definition) is 4. The average molecular weight is 662 g/mol. The standard InChI is InChI=1S/C36H34Cl2N2O4S/c1-2-3-4-25-11-17-31(18-12-25)45(43,44)24-28-7-5-26(6-8-28)13-20-35-39-34(32-19-16-30(37)21-33(32)38)23-40(35)22-27-9-14-29(15-10-27)36(41)42/h5-12,14-19,21,23H,2-4,13,20,22,24H2,1H3,(H,41,42). The van der Waals surface area contributed by atoms with Crippen molar-refractivity contribution in [2.75, 3.05) is 0 Å². The van der Waals surface area contributed by atoms with Crippen LogP contribution in [0.2, 0.25) is 10.0 Å². The Kier molecular flexibility index (Phi) is 10.4. The predicted molar refractivity (Wildman–Crippen MR) is 180 cm³/mol. The van der Waals surface area contributed by atoms with Gasteiger partial charge in [0, 0.05) is 29.7 Å². The van der Waals surface area contributed by atoms with Crippen LogP contribution in [-0.2, 0) is 41.4 Å². The van der Waals surface area contributed by atoms with E-state index in [4.69, 9.17) is 28.2 Å². The SMILES string of the molecule is CCCCc1ccc(S(=O)(=O)Cc2ccc(CCc3nc(-c4ccc(Cl)cc4Cl)cn3Cc3ccc(C(=O)O)cc3)cc2)cc1. The Morgan fingerprint density at radius 1 is 0.800 bits per heavy atom. The van der Waals surface area contributed by atoms with Gasteiger partial charge in [-0.1, -0.05) is 85.1 Å². The molecule has 1 heterocycles. The predicted octanol–water partition coefficient (Wildman–Crippen LogP) is 8.71. The summed E-state index contributed by atoms with van der Waals surface area (Å²) in [5.41, 5.74) is 5.60. The molecule has 0 aliphatic heterocycles. The molecule has 1 N–H and O–H groups in total. The molecule has 0 saturated heterocycles. The van der Waals surface area contributed by atoms with E-state index < -0.39 is 15.8 Å². The average Bonchev–Trinajstić information content (AvgIpc) is 3.41. The van der Waals surface area contributed by atoms with Crippen molar-refractivity contribution < 1.29 is 18.3 Å². The summed E-state index contributed by atoms with van der Waals surface area (Å²) in [5.74, 6) is -0.185. The third kappa shape index (κ3) is 8.42. The number of carboxylic acids is 1. The van der Waals surface area contributed by atoms with E-state index >= 15 is 0 Å². The summed E-state index contributed by atoms with van der Waals surface area (Å²) >= 11 is 12.6. The van der Waals surface area contributed by atoms with Gasteiger partial charge in [0.2, 0.25) is 0 Å². The number of rotatable bonds is 13. The molecule has 0 radical (unpaired) electrons. The van der Waals surface area contributed by atoms with Crippen LogP contribution in [0.15, 0.2) is 102 Å². The topological polar surface area (TPSA) is 89.3 Å². The first-order valence-electron chi connectivity index (χ1n) is 14.8. The lowest BCUT2D eigenvalue weighted by molar-refractivity contribution is 0.0697. The number of benzene rings is 4. The number of nitrogens with zero attached hydrogens (tertiary/aromatic N) is 2. The molecule has 0 fully saturated rings. The van der Waals surface area contributed by atoms with Gasteiger partial charge in [0.15, 0.2) is 9.84 Å². The normalized spacial score (nSPS) is 11.5. The summed E-state index contributed by atoms with van der Waals surface area (Å²) in [4.78, 5) is 16.5. The molecule has 5 rings (SSSR count). The van der Waals surface area contributed by atoms with Crippen molar-refractivity contribution in [3.05, 3.63) is 141 Å². The van der Waals surface area contributed by atoms with Crippen LogP contribution in [-0.4, -0.2) is 29.0 Å². The van der Waals surface area contributed by atoms with Gasteiger partial charge in [-0.05, 0) is 84.0 Å². The summed E-state index contributed by atoms with van der Waals surface area (Å²) in [5, 5.41) is 10.3. The molecular formula is C36H34Cl2N2O4S. The molecule has 9 heteroatoms. The summed E-state index contributed by atoms with van der Waals surface area (Å²) in [6.45, 7) is 2.64. The lowest BCUT2D eigenvalue weighted by Gasteiger charge is -2.09. The lowest BCUT2D eigenvalue weighted by Crippen LogP contribution is -2.07. The second kappa shape index (κ2) is 14.5. The van der Waals surface area contributed by atoms with Crippen LogP contribution >= 0.6 is 23.2 Å². The van der Waals surface area contributed by atoms with Crippen LogP contribution < -0.4 is 0 Å². The van der Waals surface area contributed by atoms with E-state index in [-0.39, 0.29) is 11.3 Å². The highest BCUT2D eigenvalue weighted by Gasteiger charge is 2.17. The number of carboxylic acid groups (broad SMARTS) is 1. The second-order valence-corrected chi connectivity index (χ2v) is 14.0. The Bertz CT molecular complexity index is 1880. The van der Waals surface area contributed by atoms with Gasteiger partial charge in [-0.3, -0.25) is 0 Å². The number of halogens is 2. The Hall–Kier alpha value is -3.91. The minimum absolute atomic E-state index is 0.0577.